The molecule has 0 spiro atoms. The molecule has 0 atom stereocenters. The molecule has 6 heteroatoms. The maximum Gasteiger partial charge on any atom is 0.154 e. The Bertz CT molecular complexity index is 875. The molecule has 1 aromatic carbocycles. The molecule has 0 aliphatic carbocycles. The van der Waals surface area contributed by atoms with E-state index in [0.717, 1.165) is 34.6 Å². The molecule has 1 aliphatic rings. The van der Waals surface area contributed by atoms with Crippen LogP contribution in [0.5, 0.6) is 11.5 Å². The molecular weight excluding hydrogens is 342 g/mol. The minimum absolute atomic E-state index is 0.199. The number of hydrogen-bond donors (Lipinski definition) is 2. The zero-order valence-electron chi connectivity index (χ0n) is 15.5. The van der Waals surface area contributed by atoms with Crippen LogP contribution in [0.4, 0.5) is 0 Å². The summed E-state index contributed by atoms with van der Waals surface area (Å²) in [6, 6.07) is 7.58. The van der Waals surface area contributed by atoms with Crippen molar-refractivity contribution < 1.29 is 14.3 Å². The molecule has 0 amide bonds. The SMILES string of the molecule is CC(C)N/C(=C\C=N)c1ncccc1COc1ccc2c(c1C=O)CCO2. The molecule has 2 heterocycles. The summed E-state index contributed by atoms with van der Waals surface area (Å²) in [5.41, 5.74) is 3.81. The maximum atomic E-state index is 11.6. The molecule has 6 nitrogen and oxygen atoms in total. The van der Waals surface area contributed by atoms with Gasteiger partial charge in [0.25, 0.3) is 0 Å². The minimum atomic E-state index is 0.199. The van der Waals surface area contributed by atoms with Crippen molar-refractivity contribution in [2.75, 3.05) is 6.61 Å². The number of hydrogen-bond acceptors (Lipinski definition) is 6. The van der Waals surface area contributed by atoms with Crippen LogP contribution in [0.15, 0.2) is 36.5 Å². The van der Waals surface area contributed by atoms with Crippen LogP contribution in [0.3, 0.4) is 0 Å². The molecule has 0 unspecified atom stereocenters. The zero-order valence-corrected chi connectivity index (χ0v) is 15.5. The molecule has 0 fully saturated rings. The van der Waals surface area contributed by atoms with E-state index in [1.54, 1.807) is 18.3 Å². The first-order valence-corrected chi connectivity index (χ1v) is 8.92. The Labute approximate surface area is 158 Å². The van der Waals surface area contributed by atoms with Gasteiger partial charge in [0, 0.05) is 36.0 Å². The van der Waals surface area contributed by atoms with Gasteiger partial charge in [-0.3, -0.25) is 9.78 Å². The number of allylic oxidation sites excluding steroid dienone is 1. The highest BCUT2D eigenvalue weighted by Crippen LogP contribution is 2.34. The average molecular weight is 365 g/mol. The lowest BCUT2D eigenvalue weighted by Gasteiger charge is -2.17. The van der Waals surface area contributed by atoms with Crippen molar-refractivity contribution >= 4 is 18.2 Å². The van der Waals surface area contributed by atoms with Gasteiger partial charge >= 0.3 is 0 Å². The van der Waals surface area contributed by atoms with Crippen LogP contribution >= 0.6 is 0 Å². The fourth-order valence-electron chi connectivity index (χ4n) is 3.08. The molecular formula is C21H23N3O3. The fourth-order valence-corrected chi connectivity index (χ4v) is 3.08. The Morgan fingerprint density at radius 2 is 2.26 bits per heavy atom. The molecule has 2 aromatic rings. The van der Waals surface area contributed by atoms with Gasteiger partial charge in [-0.2, -0.15) is 0 Å². The molecule has 0 saturated carbocycles. The monoisotopic (exact) mass is 365 g/mol. The van der Waals surface area contributed by atoms with Gasteiger partial charge in [0.05, 0.1) is 23.6 Å². The van der Waals surface area contributed by atoms with Crippen molar-refractivity contribution in [3.05, 3.63) is 58.9 Å². The standard InChI is InChI=1S/C21H23N3O3/c1-14(2)24-18(7-9-22)21-15(4-3-10-23-21)13-27-20-6-5-19-16(8-11-26-19)17(20)12-25/h3-7,9-10,12,14,22,24H,8,11,13H2,1-2H3/b18-7-,22-9?. The molecule has 27 heavy (non-hydrogen) atoms. The third kappa shape index (κ3) is 4.16. The van der Waals surface area contributed by atoms with Crippen molar-refractivity contribution in [3.63, 3.8) is 0 Å². The zero-order chi connectivity index (χ0) is 19.2. The summed E-state index contributed by atoms with van der Waals surface area (Å²) in [5, 5.41) is 10.7. The van der Waals surface area contributed by atoms with Gasteiger partial charge in [0.15, 0.2) is 6.29 Å². The van der Waals surface area contributed by atoms with Gasteiger partial charge in [0.1, 0.15) is 18.1 Å². The number of nitrogens with zero attached hydrogens (tertiary/aromatic N) is 1. The third-order valence-electron chi connectivity index (χ3n) is 4.23. The van der Waals surface area contributed by atoms with Crippen molar-refractivity contribution in [1.82, 2.24) is 10.3 Å². The molecule has 0 bridgehead atoms. The highest BCUT2D eigenvalue weighted by Gasteiger charge is 2.20. The van der Waals surface area contributed by atoms with Gasteiger partial charge in [-0.1, -0.05) is 6.07 Å². The number of carbonyl (C=O) groups is 1. The second-order valence-electron chi connectivity index (χ2n) is 6.52. The highest BCUT2D eigenvalue weighted by atomic mass is 16.5. The smallest absolute Gasteiger partial charge is 0.154 e. The summed E-state index contributed by atoms with van der Waals surface area (Å²) < 4.78 is 11.5. The summed E-state index contributed by atoms with van der Waals surface area (Å²) in [6.45, 7) is 4.91. The molecule has 1 aromatic heterocycles. The Balaban J connectivity index is 1.87. The van der Waals surface area contributed by atoms with Crippen molar-refractivity contribution in [1.29, 1.82) is 5.41 Å². The number of ether oxygens (including phenoxy) is 2. The third-order valence-corrected chi connectivity index (χ3v) is 4.23. The lowest BCUT2D eigenvalue weighted by molar-refractivity contribution is 0.111. The number of aromatic nitrogens is 1. The minimum Gasteiger partial charge on any atom is -0.493 e. The first kappa shape index (κ1) is 18.6. The first-order chi connectivity index (χ1) is 13.1. The largest absolute Gasteiger partial charge is 0.493 e. The summed E-state index contributed by atoms with van der Waals surface area (Å²) in [7, 11) is 0. The van der Waals surface area contributed by atoms with Gasteiger partial charge in [-0.25, -0.2) is 0 Å². The number of pyridine rings is 1. The van der Waals surface area contributed by atoms with E-state index < -0.39 is 0 Å². The predicted molar refractivity (Wildman–Crippen MR) is 105 cm³/mol. The number of aldehydes is 1. The van der Waals surface area contributed by atoms with E-state index >= 15 is 0 Å². The van der Waals surface area contributed by atoms with E-state index in [2.05, 4.69) is 10.3 Å². The molecule has 140 valence electrons. The number of benzene rings is 1. The number of nitrogens with one attached hydrogen (secondary N) is 2. The Hall–Kier alpha value is -3.15. The van der Waals surface area contributed by atoms with E-state index in [0.29, 0.717) is 24.3 Å². The topological polar surface area (TPSA) is 84.3 Å². The normalized spacial score (nSPS) is 13.1. The van der Waals surface area contributed by atoms with Crippen molar-refractivity contribution in [3.8, 4) is 11.5 Å². The Morgan fingerprint density at radius 1 is 1.41 bits per heavy atom. The summed E-state index contributed by atoms with van der Waals surface area (Å²) in [5.74, 6) is 1.29. The second-order valence-corrected chi connectivity index (χ2v) is 6.52. The first-order valence-electron chi connectivity index (χ1n) is 8.92. The maximum absolute atomic E-state index is 11.6. The average Bonchev–Trinajstić information content (AvgIpc) is 3.14. The molecule has 0 saturated heterocycles. The second kappa shape index (κ2) is 8.49. The highest BCUT2D eigenvalue weighted by molar-refractivity contribution is 5.84. The van der Waals surface area contributed by atoms with Crippen molar-refractivity contribution in [2.45, 2.75) is 32.9 Å². The molecule has 3 rings (SSSR count). The van der Waals surface area contributed by atoms with E-state index in [-0.39, 0.29) is 12.6 Å². The van der Waals surface area contributed by atoms with Crippen LogP contribution in [0.25, 0.3) is 5.70 Å². The van der Waals surface area contributed by atoms with Gasteiger partial charge in [-0.05, 0) is 38.1 Å². The quantitative estimate of drug-likeness (QED) is 0.553. The van der Waals surface area contributed by atoms with Crippen LogP contribution in [-0.2, 0) is 13.0 Å². The lowest BCUT2D eigenvalue weighted by Crippen LogP contribution is -2.22. The predicted octanol–water partition coefficient (Wildman–Crippen LogP) is 3.40. The molecule has 2 N–H and O–H groups in total. The van der Waals surface area contributed by atoms with Gasteiger partial charge in [0.2, 0.25) is 0 Å². The number of fused-ring (bicyclic) bond motifs is 1. The van der Waals surface area contributed by atoms with Crippen LogP contribution in [0, 0.1) is 5.41 Å². The van der Waals surface area contributed by atoms with Gasteiger partial charge < -0.3 is 20.2 Å². The number of rotatable bonds is 8. The van der Waals surface area contributed by atoms with Crippen LogP contribution in [0.1, 0.15) is 41.0 Å². The van der Waals surface area contributed by atoms with Crippen LogP contribution in [0.2, 0.25) is 0 Å². The van der Waals surface area contributed by atoms with E-state index in [1.165, 1.54) is 6.21 Å². The van der Waals surface area contributed by atoms with E-state index in [4.69, 9.17) is 14.9 Å². The summed E-state index contributed by atoms with van der Waals surface area (Å²) in [4.78, 5) is 16.0. The summed E-state index contributed by atoms with van der Waals surface area (Å²) >= 11 is 0. The molecule has 1 aliphatic heterocycles. The molecule has 0 radical (unpaired) electrons. The van der Waals surface area contributed by atoms with Gasteiger partial charge in [-0.15, -0.1) is 0 Å². The van der Waals surface area contributed by atoms with Crippen LogP contribution in [-0.4, -0.2) is 30.1 Å². The summed E-state index contributed by atoms with van der Waals surface area (Å²) in [6.07, 6.45) is 6.16. The fraction of sp³-hybridized carbons (Fsp3) is 0.286. The Morgan fingerprint density at radius 3 is 3.00 bits per heavy atom. The van der Waals surface area contributed by atoms with E-state index in [9.17, 15) is 4.79 Å². The van der Waals surface area contributed by atoms with Crippen LogP contribution < -0.4 is 14.8 Å². The number of carbonyl (C=O) groups excluding carboxylic acids is 1. The Kier molecular flexibility index (Phi) is 5.86. The van der Waals surface area contributed by atoms with Crippen molar-refractivity contribution in [2.24, 2.45) is 0 Å². The van der Waals surface area contributed by atoms with E-state index in [1.807, 2.05) is 32.0 Å². The lowest BCUT2D eigenvalue weighted by atomic mass is 10.1.